The predicted octanol–water partition coefficient (Wildman–Crippen LogP) is 2.34. The highest BCUT2D eigenvalue weighted by Crippen LogP contribution is 2.34. The van der Waals surface area contributed by atoms with Gasteiger partial charge in [0, 0.05) is 19.7 Å². The van der Waals surface area contributed by atoms with Gasteiger partial charge in [0.1, 0.15) is 18.2 Å². The van der Waals surface area contributed by atoms with E-state index in [1.165, 1.54) is 6.07 Å². The molecule has 2 aromatic carbocycles. The molecule has 3 rings (SSSR count). The van der Waals surface area contributed by atoms with Crippen LogP contribution in [0.3, 0.4) is 0 Å². The van der Waals surface area contributed by atoms with Gasteiger partial charge in [0.15, 0.2) is 17.5 Å². The smallest absolute Gasteiger partial charge is 0.231 e. The Kier molecular flexibility index (Phi) is 6.14. The number of halogens is 1. The fourth-order valence-corrected chi connectivity index (χ4v) is 2.54. The molecule has 2 aromatic rings. The minimum absolute atomic E-state index is 0.186. The van der Waals surface area contributed by atoms with Crippen LogP contribution in [0.5, 0.6) is 17.2 Å². The van der Waals surface area contributed by atoms with E-state index in [0.29, 0.717) is 43.4 Å². The van der Waals surface area contributed by atoms with E-state index in [-0.39, 0.29) is 12.6 Å². The van der Waals surface area contributed by atoms with E-state index in [9.17, 15) is 4.39 Å². The van der Waals surface area contributed by atoms with Gasteiger partial charge < -0.3 is 24.8 Å². The maximum atomic E-state index is 13.6. The Labute approximate surface area is 152 Å². The monoisotopic (exact) mass is 359 g/mol. The number of fused-ring (bicyclic) bond motifs is 1. The van der Waals surface area contributed by atoms with Crippen LogP contribution >= 0.6 is 0 Å². The van der Waals surface area contributed by atoms with Crippen LogP contribution in [0.4, 0.5) is 4.39 Å². The fraction of sp³-hybridized carbons (Fsp3) is 0.316. The Morgan fingerprint density at radius 3 is 2.77 bits per heavy atom. The van der Waals surface area contributed by atoms with Crippen LogP contribution in [0.1, 0.15) is 5.56 Å². The van der Waals surface area contributed by atoms with Crippen LogP contribution in [0.2, 0.25) is 0 Å². The summed E-state index contributed by atoms with van der Waals surface area (Å²) in [5, 5.41) is 6.31. The molecule has 0 fully saturated rings. The highest BCUT2D eigenvalue weighted by atomic mass is 19.1. The van der Waals surface area contributed by atoms with Gasteiger partial charge in [0.25, 0.3) is 0 Å². The normalized spacial score (nSPS) is 12.8. The summed E-state index contributed by atoms with van der Waals surface area (Å²) in [6, 6.07) is 12.3. The van der Waals surface area contributed by atoms with Crippen molar-refractivity contribution in [1.82, 2.24) is 10.6 Å². The molecular weight excluding hydrogens is 337 g/mol. The number of aliphatic imine (C=N–C) groups is 1. The lowest BCUT2D eigenvalue weighted by molar-refractivity contribution is 0.173. The van der Waals surface area contributed by atoms with Crippen LogP contribution in [0, 0.1) is 5.82 Å². The third kappa shape index (κ3) is 4.78. The molecule has 0 aliphatic carbocycles. The number of nitrogens with one attached hydrogen (secondary N) is 2. The summed E-state index contributed by atoms with van der Waals surface area (Å²) < 4.78 is 29.8. The number of hydrogen-bond donors (Lipinski definition) is 2. The van der Waals surface area contributed by atoms with E-state index >= 15 is 0 Å². The van der Waals surface area contributed by atoms with E-state index in [1.807, 2.05) is 24.3 Å². The molecule has 0 unspecified atom stereocenters. The summed E-state index contributed by atoms with van der Waals surface area (Å²) >= 11 is 0. The summed E-state index contributed by atoms with van der Waals surface area (Å²) in [5.74, 6) is 2.61. The van der Waals surface area contributed by atoms with Gasteiger partial charge in [-0.1, -0.05) is 18.2 Å². The second-order valence-corrected chi connectivity index (χ2v) is 5.63. The summed E-state index contributed by atoms with van der Waals surface area (Å²) in [7, 11) is 1.69. The Morgan fingerprint density at radius 2 is 1.92 bits per heavy atom. The molecule has 1 heterocycles. The van der Waals surface area contributed by atoms with Gasteiger partial charge >= 0.3 is 0 Å². The zero-order valence-corrected chi connectivity index (χ0v) is 14.6. The second kappa shape index (κ2) is 8.94. The van der Waals surface area contributed by atoms with E-state index in [1.54, 1.807) is 19.2 Å². The van der Waals surface area contributed by atoms with Crippen molar-refractivity contribution in [3.63, 3.8) is 0 Å². The van der Waals surface area contributed by atoms with Gasteiger partial charge in [-0.25, -0.2) is 4.39 Å². The first-order valence-corrected chi connectivity index (χ1v) is 8.46. The fourth-order valence-electron chi connectivity index (χ4n) is 2.54. The topological polar surface area (TPSA) is 64.1 Å². The van der Waals surface area contributed by atoms with Crippen LogP contribution in [-0.4, -0.2) is 39.5 Å². The average molecular weight is 359 g/mol. The molecule has 0 amide bonds. The van der Waals surface area contributed by atoms with E-state index in [0.717, 1.165) is 11.5 Å². The highest BCUT2D eigenvalue weighted by molar-refractivity contribution is 5.79. The second-order valence-electron chi connectivity index (χ2n) is 5.63. The van der Waals surface area contributed by atoms with Gasteiger partial charge in [0.05, 0.1) is 6.54 Å². The number of guanidine groups is 1. The van der Waals surface area contributed by atoms with Crippen molar-refractivity contribution in [3.8, 4) is 17.2 Å². The molecule has 1 aliphatic heterocycles. The maximum absolute atomic E-state index is 13.6. The van der Waals surface area contributed by atoms with Gasteiger partial charge in [-0.3, -0.25) is 4.99 Å². The Balaban J connectivity index is 1.36. The summed E-state index contributed by atoms with van der Waals surface area (Å²) in [5.41, 5.74) is 0.682. The largest absolute Gasteiger partial charge is 0.492 e. The van der Waals surface area contributed by atoms with Crippen molar-refractivity contribution in [2.45, 2.75) is 6.42 Å². The van der Waals surface area contributed by atoms with Crippen molar-refractivity contribution in [1.29, 1.82) is 0 Å². The third-order valence-electron chi connectivity index (χ3n) is 3.88. The Morgan fingerprint density at radius 1 is 1.12 bits per heavy atom. The molecule has 1 aliphatic rings. The highest BCUT2D eigenvalue weighted by Gasteiger charge is 2.13. The number of rotatable bonds is 7. The third-order valence-corrected chi connectivity index (χ3v) is 3.88. The molecule has 0 spiro atoms. The number of benzene rings is 2. The van der Waals surface area contributed by atoms with Crippen LogP contribution in [0.25, 0.3) is 0 Å². The number of ether oxygens (including phenoxy) is 3. The minimum Gasteiger partial charge on any atom is -0.492 e. The van der Waals surface area contributed by atoms with Crippen molar-refractivity contribution >= 4 is 5.96 Å². The average Bonchev–Trinajstić information content (AvgIpc) is 3.13. The van der Waals surface area contributed by atoms with E-state index in [4.69, 9.17) is 14.2 Å². The van der Waals surface area contributed by atoms with Gasteiger partial charge in [0.2, 0.25) is 6.79 Å². The molecule has 0 bridgehead atoms. The first-order chi connectivity index (χ1) is 12.8. The van der Waals surface area contributed by atoms with Crippen LogP contribution in [-0.2, 0) is 6.42 Å². The molecule has 138 valence electrons. The quantitative estimate of drug-likeness (QED) is 0.451. The molecule has 2 N–H and O–H groups in total. The van der Waals surface area contributed by atoms with Crippen LogP contribution in [0.15, 0.2) is 47.5 Å². The predicted molar refractivity (Wildman–Crippen MR) is 97.5 cm³/mol. The van der Waals surface area contributed by atoms with Gasteiger partial charge in [-0.05, 0) is 30.2 Å². The molecule has 7 heteroatoms. The molecule has 0 radical (unpaired) electrons. The summed E-state index contributed by atoms with van der Waals surface area (Å²) in [4.78, 5) is 4.14. The minimum atomic E-state index is -0.186. The van der Waals surface area contributed by atoms with Gasteiger partial charge in [-0.15, -0.1) is 0 Å². The van der Waals surface area contributed by atoms with Crippen molar-refractivity contribution in [2.24, 2.45) is 4.99 Å². The number of nitrogens with zero attached hydrogens (tertiary/aromatic N) is 1. The number of hydrogen-bond acceptors (Lipinski definition) is 4. The lowest BCUT2D eigenvalue weighted by Gasteiger charge is -2.13. The molecule has 0 atom stereocenters. The van der Waals surface area contributed by atoms with Crippen LogP contribution < -0.4 is 24.8 Å². The zero-order chi connectivity index (χ0) is 18.2. The molecule has 6 nitrogen and oxygen atoms in total. The van der Waals surface area contributed by atoms with E-state index < -0.39 is 0 Å². The molecule has 0 saturated heterocycles. The SMILES string of the molecule is CN=C(NCCOc1ccc2c(c1)OCO2)NCCc1ccccc1F. The summed E-state index contributed by atoms with van der Waals surface area (Å²) in [6.07, 6.45) is 0.584. The maximum Gasteiger partial charge on any atom is 0.231 e. The first kappa shape index (κ1) is 17.8. The van der Waals surface area contributed by atoms with Crippen molar-refractivity contribution < 1.29 is 18.6 Å². The van der Waals surface area contributed by atoms with E-state index in [2.05, 4.69) is 15.6 Å². The van der Waals surface area contributed by atoms with Gasteiger partial charge in [-0.2, -0.15) is 0 Å². The molecule has 26 heavy (non-hydrogen) atoms. The molecular formula is C19H22FN3O3. The lowest BCUT2D eigenvalue weighted by atomic mass is 10.1. The van der Waals surface area contributed by atoms with Crippen molar-refractivity contribution in [3.05, 3.63) is 53.8 Å². The lowest BCUT2D eigenvalue weighted by Crippen LogP contribution is -2.40. The standard InChI is InChI=1S/C19H22FN3O3/c1-21-19(22-9-8-14-4-2-3-5-16(14)20)23-10-11-24-15-6-7-17-18(12-15)26-13-25-17/h2-7,12H,8-11,13H2,1H3,(H2,21,22,23). The Bertz CT molecular complexity index is 767. The Hall–Kier alpha value is -2.96. The van der Waals surface area contributed by atoms with Crippen molar-refractivity contribution in [2.75, 3.05) is 33.5 Å². The summed E-state index contributed by atoms with van der Waals surface area (Å²) in [6.45, 7) is 1.88. The zero-order valence-electron chi connectivity index (χ0n) is 14.6. The molecule has 0 aromatic heterocycles. The first-order valence-electron chi connectivity index (χ1n) is 8.46. The molecule has 0 saturated carbocycles.